The van der Waals surface area contributed by atoms with Gasteiger partial charge >= 0.3 is 0 Å². The molecule has 0 unspecified atom stereocenters. The van der Waals surface area contributed by atoms with Crippen molar-refractivity contribution in [1.82, 2.24) is 0 Å². The second-order valence-corrected chi connectivity index (χ2v) is 6.85. The molecule has 1 heterocycles. The van der Waals surface area contributed by atoms with Gasteiger partial charge in [0.2, 0.25) is 5.91 Å². The summed E-state index contributed by atoms with van der Waals surface area (Å²) >= 11 is 7.75. The van der Waals surface area contributed by atoms with Crippen LogP contribution < -0.4 is 14.8 Å². The Balaban J connectivity index is 1.54. The molecule has 1 N–H and O–H groups in total. The maximum atomic E-state index is 12.1. The highest BCUT2D eigenvalue weighted by atomic mass is 35.5. The van der Waals surface area contributed by atoms with Crippen molar-refractivity contribution in [3.63, 3.8) is 0 Å². The van der Waals surface area contributed by atoms with Crippen LogP contribution in [0.2, 0.25) is 5.02 Å². The average molecular weight is 364 g/mol. The minimum atomic E-state index is -0.0158. The van der Waals surface area contributed by atoms with Crippen molar-refractivity contribution in [3.8, 4) is 11.5 Å². The first kappa shape index (κ1) is 17.0. The van der Waals surface area contributed by atoms with E-state index in [4.69, 9.17) is 21.1 Å². The molecular formula is C18H18ClNO3S. The average Bonchev–Trinajstić information content (AvgIpc) is 2.57. The minimum Gasteiger partial charge on any atom is -0.486 e. The van der Waals surface area contributed by atoms with Crippen LogP contribution in [0.1, 0.15) is 11.1 Å². The molecule has 0 aliphatic carbocycles. The van der Waals surface area contributed by atoms with Crippen LogP contribution in [0.4, 0.5) is 5.69 Å². The maximum absolute atomic E-state index is 12.1. The summed E-state index contributed by atoms with van der Waals surface area (Å²) in [6.45, 7) is 3.01. The molecule has 0 aromatic heterocycles. The predicted molar refractivity (Wildman–Crippen MR) is 98.4 cm³/mol. The summed E-state index contributed by atoms with van der Waals surface area (Å²) in [7, 11) is 0. The number of rotatable bonds is 5. The van der Waals surface area contributed by atoms with Gasteiger partial charge in [0.15, 0.2) is 11.5 Å². The quantitative estimate of drug-likeness (QED) is 0.860. The van der Waals surface area contributed by atoms with Crippen molar-refractivity contribution >= 4 is 35.0 Å². The van der Waals surface area contributed by atoms with Crippen molar-refractivity contribution in [2.24, 2.45) is 0 Å². The highest BCUT2D eigenvalue weighted by molar-refractivity contribution is 7.99. The molecule has 0 saturated carbocycles. The third-order valence-corrected chi connectivity index (χ3v) is 4.86. The molecule has 4 nitrogen and oxygen atoms in total. The number of halogens is 1. The second-order valence-electron chi connectivity index (χ2n) is 5.46. The van der Waals surface area contributed by atoms with Crippen molar-refractivity contribution < 1.29 is 14.3 Å². The van der Waals surface area contributed by atoms with Gasteiger partial charge in [0, 0.05) is 11.4 Å². The van der Waals surface area contributed by atoms with E-state index in [0.29, 0.717) is 41.2 Å². The monoisotopic (exact) mass is 363 g/mol. The molecule has 0 bridgehead atoms. The first-order chi connectivity index (χ1) is 11.6. The van der Waals surface area contributed by atoms with E-state index in [1.165, 1.54) is 11.8 Å². The maximum Gasteiger partial charge on any atom is 0.234 e. The molecule has 0 saturated heterocycles. The van der Waals surface area contributed by atoms with Crippen LogP contribution in [0.5, 0.6) is 11.5 Å². The van der Waals surface area contributed by atoms with E-state index in [1.54, 1.807) is 0 Å². The summed E-state index contributed by atoms with van der Waals surface area (Å²) in [6.07, 6.45) is 0. The molecule has 1 aliphatic heterocycles. The van der Waals surface area contributed by atoms with Crippen LogP contribution in [-0.4, -0.2) is 24.9 Å². The zero-order valence-electron chi connectivity index (χ0n) is 13.3. The Hall–Kier alpha value is -1.85. The summed E-state index contributed by atoms with van der Waals surface area (Å²) in [6, 6.07) is 11.5. The van der Waals surface area contributed by atoms with Gasteiger partial charge < -0.3 is 14.8 Å². The van der Waals surface area contributed by atoms with Gasteiger partial charge in [-0.25, -0.2) is 0 Å². The summed E-state index contributed by atoms with van der Waals surface area (Å²) in [5.74, 6) is 2.32. The summed E-state index contributed by atoms with van der Waals surface area (Å²) in [5, 5.41) is 3.48. The second kappa shape index (κ2) is 7.81. The highest BCUT2D eigenvalue weighted by Crippen LogP contribution is 2.39. The number of aryl methyl sites for hydroxylation is 1. The van der Waals surface area contributed by atoms with Crippen LogP contribution in [0.25, 0.3) is 0 Å². The number of para-hydroxylation sites is 1. The number of amides is 1. The van der Waals surface area contributed by atoms with Gasteiger partial charge in [-0.3, -0.25) is 4.79 Å². The Morgan fingerprint density at radius 2 is 2.04 bits per heavy atom. The fraction of sp³-hybridized carbons (Fsp3) is 0.278. The molecule has 3 rings (SSSR count). The molecule has 0 fully saturated rings. The topological polar surface area (TPSA) is 47.6 Å². The summed E-state index contributed by atoms with van der Waals surface area (Å²) in [5.41, 5.74) is 2.91. The van der Waals surface area contributed by atoms with Gasteiger partial charge in [-0.1, -0.05) is 29.8 Å². The number of hydrogen-bond acceptors (Lipinski definition) is 4. The van der Waals surface area contributed by atoms with E-state index in [-0.39, 0.29) is 5.91 Å². The number of benzene rings is 2. The molecule has 2 aromatic rings. The molecule has 1 amide bonds. The fourth-order valence-corrected chi connectivity index (χ4v) is 3.46. The van der Waals surface area contributed by atoms with E-state index in [2.05, 4.69) is 5.32 Å². The number of thioether (sulfide) groups is 1. The van der Waals surface area contributed by atoms with Gasteiger partial charge in [-0.2, -0.15) is 0 Å². The Bertz CT molecular complexity index is 751. The van der Waals surface area contributed by atoms with Gasteiger partial charge in [0.05, 0.1) is 10.8 Å². The van der Waals surface area contributed by atoms with Crippen molar-refractivity contribution in [2.75, 3.05) is 24.3 Å². The number of hydrogen-bond donors (Lipinski definition) is 1. The van der Waals surface area contributed by atoms with E-state index in [9.17, 15) is 4.79 Å². The minimum absolute atomic E-state index is 0.0158. The Kier molecular flexibility index (Phi) is 5.53. The largest absolute Gasteiger partial charge is 0.486 e. The van der Waals surface area contributed by atoms with Gasteiger partial charge in [-0.15, -0.1) is 11.8 Å². The SMILES string of the molecule is Cc1ccccc1NC(=O)CSCc1cc(Cl)c2c(c1)OCCO2. The van der Waals surface area contributed by atoms with E-state index in [0.717, 1.165) is 16.8 Å². The van der Waals surface area contributed by atoms with Crippen LogP contribution in [-0.2, 0) is 10.5 Å². The summed E-state index contributed by atoms with van der Waals surface area (Å²) < 4.78 is 11.1. The third-order valence-electron chi connectivity index (χ3n) is 3.58. The van der Waals surface area contributed by atoms with Crippen molar-refractivity contribution in [2.45, 2.75) is 12.7 Å². The Morgan fingerprint density at radius 1 is 1.25 bits per heavy atom. The van der Waals surface area contributed by atoms with Gasteiger partial charge in [0.25, 0.3) is 0 Å². The number of carbonyl (C=O) groups is 1. The van der Waals surface area contributed by atoms with Gasteiger partial charge in [-0.05, 0) is 36.2 Å². The number of fused-ring (bicyclic) bond motifs is 1. The number of anilines is 1. The molecule has 0 radical (unpaired) electrons. The molecule has 1 aliphatic rings. The zero-order chi connectivity index (χ0) is 16.9. The van der Waals surface area contributed by atoms with E-state index < -0.39 is 0 Å². The van der Waals surface area contributed by atoms with E-state index >= 15 is 0 Å². The molecule has 24 heavy (non-hydrogen) atoms. The molecule has 0 spiro atoms. The lowest BCUT2D eigenvalue weighted by molar-refractivity contribution is -0.113. The normalized spacial score (nSPS) is 12.8. The van der Waals surface area contributed by atoms with Crippen LogP contribution in [0.15, 0.2) is 36.4 Å². The number of ether oxygens (including phenoxy) is 2. The highest BCUT2D eigenvalue weighted by Gasteiger charge is 2.16. The first-order valence-corrected chi connectivity index (χ1v) is 9.18. The van der Waals surface area contributed by atoms with Gasteiger partial charge in [0.1, 0.15) is 13.2 Å². The number of carbonyl (C=O) groups excluding carboxylic acids is 1. The third kappa shape index (κ3) is 4.16. The Morgan fingerprint density at radius 3 is 2.88 bits per heavy atom. The molecule has 126 valence electrons. The molecule has 6 heteroatoms. The fourth-order valence-electron chi connectivity index (χ4n) is 2.41. The number of nitrogens with one attached hydrogen (secondary N) is 1. The van der Waals surface area contributed by atoms with E-state index in [1.807, 2.05) is 43.3 Å². The summed E-state index contributed by atoms with van der Waals surface area (Å²) in [4.78, 5) is 12.1. The lowest BCUT2D eigenvalue weighted by Gasteiger charge is -2.20. The zero-order valence-corrected chi connectivity index (χ0v) is 14.9. The molecule has 0 atom stereocenters. The predicted octanol–water partition coefficient (Wildman–Crippen LogP) is 4.29. The smallest absolute Gasteiger partial charge is 0.234 e. The Labute approximate surface area is 150 Å². The van der Waals surface area contributed by atoms with Crippen LogP contribution in [0.3, 0.4) is 0 Å². The van der Waals surface area contributed by atoms with Crippen LogP contribution >= 0.6 is 23.4 Å². The molecular weight excluding hydrogens is 346 g/mol. The standard InChI is InChI=1S/C18H18ClNO3S/c1-12-4-2-3-5-15(12)20-17(21)11-24-10-13-8-14(19)18-16(9-13)22-6-7-23-18/h2-5,8-9H,6-7,10-11H2,1H3,(H,20,21). The molecule has 2 aromatic carbocycles. The first-order valence-electron chi connectivity index (χ1n) is 7.65. The van der Waals surface area contributed by atoms with Crippen LogP contribution in [0, 0.1) is 6.92 Å². The van der Waals surface area contributed by atoms with Crippen molar-refractivity contribution in [1.29, 1.82) is 0 Å². The lowest BCUT2D eigenvalue weighted by atomic mass is 10.2. The lowest BCUT2D eigenvalue weighted by Crippen LogP contribution is -2.16. The van der Waals surface area contributed by atoms with Crippen molar-refractivity contribution in [3.05, 3.63) is 52.5 Å².